The van der Waals surface area contributed by atoms with Crippen LogP contribution < -0.4 is 0 Å². The molecule has 0 atom stereocenters. The molecule has 0 bridgehead atoms. The van der Waals surface area contributed by atoms with E-state index in [1.165, 1.54) is 0 Å². The Morgan fingerprint density at radius 3 is 2.51 bits per heavy atom. The van der Waals surface area contributed by atoms with Crippen LogP contribution in [0.15, 0.2) is 78.6 Å². The molecule has 0 fully saturated rings. The molecule has 5 aromatic rings. The van der Waals surface area contributed by atoms with Gasteiger partial charge in [0, 0.05) is 36.5 Å². The third-order valence-electron chi connectivity index (χ3n) is 6.18. The van der Waals surface area contributed by atoms with Gasteiger partial charge in [0.1, 0.15) is 5.82 Å². The molecule has 0 unspecified atom stereocenters. The number of imidazole rings is 1. The van der Waals surface area contributed by atoms with E-state index in [9.17, 15) is 9.90 Å². The third-order valence-corrected chi connectivity index (χ3v) is 6.18. The SMILES string of the molecule is CCCc1nc(-n2cccc2)c(C=C(C)C(=O)O)n1Cc1ccc(-c2ccccc2)c(-c2nn[nH]n2)c1. The maximum atomic E-state index is 11.7. The zero-order valence-corrected chi connectivity index (χ0v) is 20.7. The topological polar surface area (TPSA) is 115 Å². The minimum Gasteiger partial charge on any atom is -0.478 e. The molecule has 0 saturated heterocycles. The molecule has 9 heteroatoms. The van der Waals surface area contributed by atoms with Gasteiger partial charge in [-0.15, -0.1) is 10.2 Å². The van der Waals surface area contributed by atoms with Crippen LogP contribution >= 0.6 is 0 Å². The van der Waals surface area contributed by atoms with E-state index in [1.807, 2.05) is 47.3 Å². The van der Waals surface area contributed by atoms with Crippen LogP contribution in [-0.4, -0.2) is 45.8 Å². The summed E-state index contributed by atoms with van der Waals surface area (Å²) >= 11 is 0. The van der Waals surface area contributed by atoms with E-state index in [2.05, 4.69) is 62.4 Å². The second-order valence-electron chi connectivity index (χ2n) is 8.78. The Bertz CT molecular complexity index is 1530. The summed E-state index contributed by atoms with van der Waals surface area (Å²) in [6, 6.07) is 20.1. The second kappa shape index (κ2) is 10.4. The predicted octanol–water partition coefficient (Wildman–Crippen LogP) is 5.01. The fraction of sp³-hybridized carbons (Fsp3) is 0.179. The monoisotopic (exact) mass is 493 g/mol. The van der Waals surface area contributed by atoms with Gasteiger partial charge in [-0.3, -0.25) is 0 Å². The Kier molecular flexibility index (Phi) is 6.76. The van der Waals surface area contributed by atoms with Crippen LogP contribution in [0.4, 0.5) is 0 Å². The van der Waals surface area contributed by atoms with Crippen molar-refractivity contribution in [1.29, 1.82) is 0 Å². The van der Waals surface area contributed by atoms with E-state index in [4.69, 9.17) is 4.98 Å². The normalized spacial score (nSPS) is 11.7. The van der Waals surface area contributed by atoms with Crippen LogP contribution in [0.5, 0.6) is 0 Å². The molecule has 0 aliphatic rings. The van der Waals surface area contributed by atoms with E-state index < -0.39 is 5.97 Å². The standard InChI is InChI=1S/C28H27N7O2/c1-3-9-25-29-27(34-14-7-8-15-34)24(16-19(2)28(36)37)35(25)18-20-12-13-22(21-10-5-4-6-11-21)23(17-20)26-30-32-33-31-26/h4-8,10-17H,3,9,18H2,1-2H3,(H,36,37)(H,30,31,32,33). The quantitative estimate of drug-likeness (QED) is 0.279. The van der Waals surface area contributed by atoms with Crippen molar-refractivity contribution >= 4 is 12.0 Å². The molecule has 2 aromatic carbocycles. The number of rotatable bonds is 9. The van der Waals surface area contributed by atoms with Gasteiger partial charge in [0.15, 0.2) is 5.82 Å². The number of aliphatic carboxylic acids is 1. The van der Waals surface area contributed by atoms with Crippen molar-refractivity contribution in [3.63, 3.8) is 0 Å². The first-order valence-corrected chi connectivity index (χ1v) is 12.1. The van der Waals surface area contributed by atoms with E-state index >= 15 is 0 Å². The van der Waals surface area contributed by atoms with Gasteiger partial charge >= 0.3 is 5.97 Å². The van der Waals surface area contributed by atoms with Crippen molar-refractivity contribution in [2.75, 3.05) is 0 Å². The number of nitrogens with zero attached hydrogens (tertiary/aromatic N) is 6. The zero-order valence-electron chi connectivity index (χ0n) is 20.7. The maximum Gasteiger partial charge on any atom is 0.331 e. The highest BCUT2D eigenvalue weighted by Crippen LogP contribution is 2.32. The summed E-state index contributed by atoms with van der Waals surface area (Å²) in [6.07, 6.45) is 7.19. The van der Waals surface area contributed by atoms with Gasteiger partial charge < -0.3 is 14.2 Å². The molecule has 3 aromatic heterocycles. The van der Waals surface area contributed by atoms with Crippen LogP contribution in [-0.2, 0) is 17.8 Å². The lowest BCUT2D eigenvalue weighted by molar-refractivity contribution is -0.132. The van der Waals surface area contributed by atoms with Crippen LogP contribution in [0, 0.1) is 0 Å². The minimum absolute atomic E-state index is 0.240. The lowest BCUT2D eigenvalue weighted by atomic mass is 9.97. The maximum absolute atomic E-state index is 11.7. The molecule has 5 rings (SSSR count). The van der Waals surface area contributed by atoms with E-state index in [1.54, 1.807) is 13.0 Å². The zero-order chi connectivity index (χ0) is 25.8. The van der Waals surface area contributed by atoms with Gasteiger partial charge in [-0.05, 0) is 59.5 Å². The summed E-state index contributed by atoms with van der Waals surface area (Å²) in [4.78, 5) is 16.7. The molecule has 0 aliphatic heterocycles. The van der Waals surface area contributed by atoms with Crippen molar-refractivity contribution in [2.45, 2.75) is 33.2 Å². The van der Waals surface area contributed by atoms with Crippen LogP contribution in [0.25, 0.3) is 34.4 Å². The van der Waals surface area contributed by atoms with Gasteiger partial charge in [-0.25, -0.2) is 9.78 Å². The van der Waals surface area contributed by atoms with Gasteiger partial charge in [0.05, 0.1) is 5.69 Å². The van der Waals surface area contributed by atoms with E-state index in [0.717, 1.165) is 46.6 Å². The van der Waals surface area contributed by atoms with Crippen LogP contribution in [0.1, 0.15) is 37.4 Å². The first-order chi connectivity index (χ1) is 18.0. The molecular weight excluding hydrogens is 466 g/mol. The molecule has 186 valence electrons. The lowest BCUT2D eigenvalue weighted by Gasteiger charge is -2.14. The molecule has 0 radical (unpaired) electrons. The highest BCUT2D eigenvalue weighted by atomic mass is 16.4. The smallest absolute Gasteiger partial charge is 0.331 e. The summed E-state index contributed by atoms with van der Waals surface area (Å²) in [6.45, 7) is 4.21. The molecular formula is C28H27N7O2. The van der Waals surface area contributed by atoms with Gasteiger partial charge in [-0.1, -0.05) is 49.4 Å². The third kappa shape index (κ3) is 4.97. The Morgan fingerprint density at radius 1 is 1.05 bits per heavy atom. The largest absolute Gasteiger partial charge is 0.478 e. The van der Waals surface area contributed by atoms with Crippen LogP contribution in [0.3, 0.4) is 0 Å². The molecule has 0 spiro atoms. The molecule has 0 saturated carbocycles. The number of carboxylic acid groups (broad SMARTS) is 1. The number of H-pyrrole nitrogens is 1. The van der Waals surface area contributed by atoms with Crippen molar-refractivity contribution in [3.8, 4) is 28.3 Å². The van der Waals surface area contributed by atoms with E-state index in [0.29, 0.717) is 18.2 Å². The average molecular weight is 494 g/mol. The fourth-order valence-corrected chi connectivity index (χ4v) is 4.37. The lowest BCUT2D eigenvalue weighted by Crippen LogP contribution is -2.09. The molecule has 0 aliphatic carbocycles. The molecule has 37 heavy (non-hydrogen) atoms. The Hall–Kier alpha value is -4.79. The number of nitrogens with one attached hydrogen (secondary N) is 1. The second-order valence-corrected chi connectivity index (χ2v) is 8.78. The highest BCUT2D eigenvalue weighted by Gasteiger charge is 2.19. The van der Waals surface area contributed by atoms with Crippen molar-refractivity contribution in [2.24, 2.45) is 0 Å². The number of hydrogen-bond acceptors (Lipinski definition) is 5. The van der Waals surface area contributed by atoms with Gasteiger partial charge in [0.2, 0.25) is 5.82 Å². The molecule has 9 nitrogen and oxygen atoms in total. The van der Waals surface area contributed by atoms with Crippen LogP contribution in [0.2, 0.25) is 0 Å². The molecule has 2 N–H and O–H groups in total. The highest BCUT2D eigenvalue weighted by molar-refractivity contribution is 5.91. The average Bonchev–Trinajstić information content (AvgIpc) is 3.68. The summed E-state index contributed by atoms with van der Waals surface area (Å²) in [7, 11) is 0. The number of benzene rings is 2. The number of hydrogen-bond donors (Lipinski definition) is 2. The van der Waals surface area contributed by atoms with Crippen molar-refractivity contribution < 1.29 is 9.90 Å². The fourth-order valence-electron chi connectivity index (χ4n) is 4.37. The van der Waals surface area contributed by atoms with Gasteiger partial charge in [-0.2, -0.15) is 5.21 Å². The Labute approximate surface area is 214 Å². The number of aromatic amines is 1. The summed E-state index contributed by atoms with van der Waals surface area (Å²) in [5, 5.41) is 24.4. The summed E-state index contributed by atoms with van der Waals surface area (Å²) < 4.78 is 4.02. The van der Waals surface area contributed by atoms with Crippen molar-refractivity contribution in [1.82, 2.24) is 34.7 Å². The minimum atomic E-state index is -0.963. The number of tetrazole rings is 1. The number of aromatic nitrogens is 7. The summed E-state index contributed by atoms with van der Waals surface area (Å²) in [5.74, 6) is 1.14. The predicted molar refractivity (Wildman–Crippen MR) is 141 cm³/mol. The van der Waals surface area contributed by atoms with Gasteiger partial charge in [0.25, 0.3) is 0 Å². The Balaban J connectivity index is 1.65. The summed E-state index contributed by atoms with van der Waals surface area (Å²) in [5.41, 5.74) is 4.91. The molecule has 3 heterocycles. The number of aryl methyl sites for hydroxylation is 1. The molecule has 0 amide bonds. The van der Waals surface area contributed by atoms with E-state index in [-0.39, 0.29) is 5.57 Å². The number of carbonyl (C=O) groups is 1. The first-order valence-electron chi connectivity index (χ1n) is 12.1. The Morgan fingerprint density at radius 2 is 1.84 bits per heavy atom. The van der Waals surface area contributed by atoms with Crippen molar-refractivity contribution in [3.05, 3.63) is 95.7 Å². The number of carboxylic acids is 1. The first kappa shape index (κ1) is 23.9.